The predicted molar refractivity (Wildman–Crippen MR) is 106 cm³/mol. The van der Waals surface area contributed by atoms with E-state index in [1.54, 1.807) is 12.1 Å². The molecule has 2 heterocycles. The summed E-state index contributed by atoms with van der Waals surface area (Å²) in [6.45, 7) is 6.52. The Morgan fingerprint density at radius 1 is 1.15 bits per heavy atom. The number of aromatic nitrogens is 2. The van der Waals surface area contributed by atoms with Gasteiger partial charge in [-0.05, 0) is 45.3 Å². The van der Waals surface area contributed by atoms with Crippen molar-refractivity contribution in [3.05, 3.63) is 58.4 Å². The lowest BCUT2D eigenvalue weighted by Crippen LogP contribution is -2.43. The predicted octanol–water partition coefficient (Wildman–Crippen LogP) is 3.25. The Morgan fingerprint density at radius 3 is 2.59 bits per heavy atom. The van der Waals surface area contributed by atoms with Crippen molar-refractivity contribution in [3.63, 3.8) is 0 Å². The molecule has 1 aliphatic heterocycles. The van der Waals surface area contributed by atoms with E-state index < -0.39 is 10.0 Å². The third kappa shape index (κ3) is 5.37. The Bertz CT molecular complexity index is 904. The highest BCUT2D eigenvalue weighted by molar-refractivity contribution is 7.92. The third-order valence-corrected chi connectivity index (χ3v) is 5.97. The van der Waals surface area contributed by atoms with Crippen LogP contribution in [-0.4, -0.2) is 41.9 Å². The second-order valence-corrected chi connectivity index (χ2v) is 8.71. The molecule has 3 rings (SSSR count). The largest absolute Gasteiger partial charge is 0.473 e. The van der Waals surface area contributed by atoms with Gasteiger partial charge in [-0.15, -0.1) is 0 Å². The third-order valence-electron chi connectivity index (χ3n) is 4.44. The van der Waals surface area contributed by atoms with E-state index in [2.05, 4.69) is 9.97 Å². The Hall–Kier alpha value is -2.25. The summed E-state index contributed by atoms with van der Waals surface area (Å²) in [5.41, 5.74) is 2.83. The zero-order valence-electron chi connectivity index (χ0n) is 15.9. The Morgan fingerprint density at radius 2 is 1.89 bits per heavy atom. The number of ether oxygens (including phenoxy) is 1. The summed E-state index contributed by atoms with van der Waals surface area (Å²) in [5.74, 6) is 1.14. The second-order valence-electron chi connectivity index (χ2n) is 6.89. The molecule has 1 atom stereocenters. The van der Waals surface area contributed by atoms with Crippen LogP contribution in [0.1, 0.15) is 35.5 Å². The van der Waals surface area contributed by atoms with Crippen molar-refractivity contribution in [3.8, 4) is 5.88 Å². The van der Waals surface area contributed by atoms with Crippen LogP contribution in [0.5, 0.6) is 5.88 Å². The van der Waals surface area contributed by atoms with Crippen molar-refractivity contribution >= 4 is 16.1 Å². The zero-order valence-corrected chi connectivity index (χ0v) is 16.7. The van der Waals surface area contributed by atoms with Gasteiger partial charge in [-0.3, -0.25) is 0 Å². The number of hydrogen-bond acceptors (Lipinski definition) is 5. The maximum absolute atomic E-state index is 12.7. The molecule has 7 heteroatoms. The molecule has 27 heavy (non-hydrogen) atoms. The lowest BCUT2D eigenvalue weighted by molar-refractivity contribution is 0.125. The first-order valence-electron chi connectivity index (χ1n) is 9.06. The fraction of sp³-hybridized carbons (Fsp3) is 0.400. The van der Waals surface area contributed by atoms with Gasteiger partial charge in [0.05, 0.1) is 6.54 Å². The van der Waals surface area contributed by atoms with E-state index >= 15 is 0 Å². The van der Waals surface area contributed by atoms with Gasteiger partial charge in [0.2, 0.25) is 15.9 Å². The molecular weight excluding hydrogens is 362 g/mol. The minimum Gasteiger partial charge on any atom is -0.473 e. The first-order chi connectivity index (χ1) is 12.8. The number of piperidine rings is 1. The molecule has 0 saturated carbocycles. The summed E-state index contributed by atoms with van der Waals surface area (Å²) >= 11 is 0. The lowest BCUT2D eigenvalue weighted by atomic mass is 10.1. The molecule has 0 bridgehead atoms. The monoisotopic (exact) mass is 387 g/mol. The van der Waals surface area contributed by atoms with Crippen LogP contribution in [0.15, 0.2) is 35.7 Å². The number of hydrogen-bond donors (Lipinski definition) is 0. The molecule has 0 amide bonds. The van der Waals surface area contributed by atoms with Crippen molar-refractivity contribution in [2.75, 3.05) is 13.1 Å². The highest BCUT2D eigenvalue weighted by atomic mass is 32.2. The first kappa shape index (κ1) is 19.5. The number of rotatable bonds is 5. The highest BCUT2D eigenvalue weighted by Crippen LogP contribution is 2.20. The SMILES string of the molecule is Cc1ccc(/C=C/S(=O)(=O)N2CCCC(Oc3cc(C)nc(C)n3)C2)cc1. The van der Waals surface area contributed by atoms with Crippen LogP contribution in [0.25, 0.3) is 6.08 Å². The Labute approximate surface area is 161 Å². The van der Waals surface area contributed by atoms with Gasteiger partial charge in [0.25, 0.3) is 0 Å². The average molecular weight is 388 g/mol. The highest BCUT2D eigenvalue weighted by Gasteiger charge is 2.28. The molecule has 144 valence electrons. The van der Waals surface area contributed by atoms with E-state index in [4.69, 9.17) is 4.74 Å². The van der Waals surface area contributed by atoms with E-state index in [0.29, 0.717) is 24.8 Å². The maximum atomic E-state index is 12.7. The van der Waals surface area contributed by atoms with Crippen molar-refractivity contribution in [1.82, 2.24) is 14.3 Å². The molecule has 0 spiro atoms. The number of sulfonamides is 1. The summed E-state index contributed by atoms with van der Waals surface area (Å²) in [4.78, 5) is 8.52. The minimum atomic E-state index is -3.49. The van der Waals surface area contributed by atoms with E-state index in [1.165, 1.54) is 9.71 Å². The van der Waals surface area contributed by atoms with Gasteiger partial charge in [-0.1, -0.05) is 29.8 Å². The number of nitrogens with zero attached hydrogens (tertiary/aromatic N) is 3. The smallest absolute Gasteiger partial charge is 0.236 e. The molecule has 0 radical (unpaired) electrons. The molecule has 1 fully saturated rings. The first-order valence-corrected chi connectivity index (χ1v) is 10.6. The lowest BCUT2D eigenvalue weighted by Gasteiger charge is -2.31. The van der Waals surface area contributed by atoms with Crippen LogP contribution in [0.2, 0.25) is 0 Å². The molecule has 6 nitrogen and oxygen atoms in total. The van der Waals surface area contributed by atoms with Crippen LogP contribution in [-0.2, 0) is 10.0 Å². The number of benzene rings is 1. The van der Waals surface area contributed by atoms with Gasteiger partial charge in [-0.2, -0.15) is 9.29 Å². The van der Waals surface area contributed by atoms with E-state index in [9.17, 15) is 8.42 Å². The maximum Gasteiger partial charge on any atom is 0.236 e. The second kappa shape index (κ2) is 8.19. The Balaban J connectivity index is 1.68. The molecule has 2 aromatic rings. The summed E-state index contributed by atoms with van der Waals surface area (Å²) in [5, 5.41) is 1.28. The molecule has 1 aromatic carbocycles. The molecule has 1 aliphatic rings. The van der Waals surface area contributed by atoms with Crippen molar-refractivity contribution < 1.29 is 13.2 Å². The van der Waals surface area contributed by atoms with Crippen molar-refractivity contribution in [2.24, 2.45) is 0 Å². The molecular formula is C20H25N3O3S. The minimum absolute atomic E-state index is 0.213. The average Bonchev–Trinajstić information content (AvgIpc) is 2.61. The molecule has 1 aromatic heterocycles. The van der Waals surface area contributed by atoms with E-state index in [0.717, 1.165) is 29.7 Å². The van der Waals surface area contributed by atoms with Gasteiger partial charge in [0.15, 0.2) is 0 Å². The quantitative estimate of drug-likeness (QED) is 0.787. The summed E-state index contributed by atoms with van der Waals surface area (Å²) < 4.78 is 32.8. The van der Waals surface area contributed by atoms with Gasteiger partial charge < -0.3 is 4.74 Å². The van der Waals surface area contributed by atoms with Crippen LogP contribution >= 0.6 is 0 Å². The fourth-order valence-corrected chi connectivity index (χ4v) is 4.33. The zero-order chi connectivity index (χ0) is 19.4. The summed E-state index contributed by atoms with van der Waals surface area (Å²) in [6, 6.07) is 9.51. The number of aryl methyl sites for hydroxylation is 3. The van der Waals surface area contributed by atoms with Crippen LogP contribution in [0.3, 0.4) is 0 Å². The van der Waals surface area contributed by atoms with Crippen molar-refractivity contribution in [1.29, 1.82) is 0 Å². The molecule has 0 aliphatic carbocycles. The standard InChI is InChI=1S/C20H25N3O3S/c1-15-6-8-18(9-7-15)10-12-27(24,25)23-11-4-5-19(14-23)26-20-13-16(2)21-17(3)22-20/h6-10,12-13,19H,4-5,11,14H2,1-3H3/b12-10+. The van der Waals surface area contributed by atoms with Crippen LogP contribution in [0, 0.1) is 20.8 Å². The summed E-state index contributed by atoms with van der Waals surface area (Å²) in [6.07, 6.45) is 2.98. The fourth-order valence-electron chi connectivity index (χ4n) is 3.07. The normalized spacial score (nSPS) is 18.7. The van der Waals surface area contributed by atoms with Crippen LogP contribution < -0.4 is 4.74 Å². The van der Waals surface area contributed by atoms with E-state index in [-0.39, 0.29) is 6.10 Å². The van der Waals surface area contributed by atoms with Gasteiger partial charge in [-0.25, -0.2) is 13.4 Å². The molecule has 1 saturated heterocycles. The molecule has 1 unspecified atom stereocenters. The molecule has 0 N–H and O–H groups in total. The Kier molecular flexibility index (Phi) is 5.92. The topological polar surface area (TPSA) is 72.4 Å². The van der Waals surface area contributed by atoms with Gasteiger partial charge in [0.1, 0.15) is 11.9 Å². The van der Waals surface area contributed by atoms with E-state index in [1.807, 2.05) is 45.0 Å². The van der Waals surface area contributed by atoms with Crippen molar-refractivity contribution in [2.45, 2.75) is 39.7 Å². The summed E-state index contributed by atoms with van der Waals surface area (Å²) in [7, 11) is -3.49. The van der Waals surface area contributed by atoms with Gasteiger partial charge >= 0.3 is 0 Å². The van der Waals surface area contributed by atoms with Crippen LogP contribution in [0.4, 0.5) is 0 Å². The van der Waals surface area contributed by atoms with Gasteiger partial charge in [0, 0.05) is 23.7 Å².